The standard InChI is InChI=1S/C15H23NOS/c1-4-6-11-16(3)15(17)14-9-7-13(8-10-14)12-18-5-2/h7-10H,4-6,11-12H2,1-3H3. The number of amides is 1. The van der Waals surface area contributed by atoms with Crippen molar-refractivity contribution >= 4 is 17.7 Å². The summed E-state index contributed by atoms with van der Waals surface area (Å²) in [5.74, 6) is 2.27. The number of benzene rings is 1. The minimum absolute atomic E-state index is 0.123. The quantitative estimate of drug-likeness (QED) is 0.747. The lowest BCUT2D eigenvalue weighted by atomic mass is 10.1. The highest BCUT2D eigenvalue weighted by Gasteiger charge is 2.10. The van der Waals surface area contributed by atoms with Crippen molar-refractivity contribution < 1.29 is 4.79 Å². The van der Waals surface area contributed by atoms with Crippen molar-refractivity contribution in [1.29, 1.82) is 0 Å². The van der Waals surface area contributed by atoms with E-state index in [1.807, 2.05) is 30.9 Å². The third-order valence-electron chi connectivity index (χ3n) is 2.87. The van der Waals surface area contributed by atoms with E-state index in [-0.39, 0.29) is 5.91 Å². The maximum atomic E-state index is 12.1. The van der Waals surface area contributed by atoms with Crippen LogP contribution in [0, 0.1) is 0 Å². The Morgan fingerprint density at radius 3 is 2.44 bits per heavy atom. The van der Waals surface area contributed by atoms with Crippen molar-refractivity contribution in [3.63, 3.8) is 0 Å². The summed E-state index contributed by atoms with van der Waals surface area (Å²) < 4.78 is 0. The van der Waals surface area contributed by atoms with Crippen LogP contribution in [0.15, 0.2) is 24.3 Å². The second-order valence-electron chi connectivity index (χ2n) is 4.41. The number of hydrogen-bond acceptors (Lipinski definition) is 2. The molecule has 0 N–H and O–H groups in total. The molecule has 1 aromatic rings. The molecular formula is C15H23NOS. The lowest BCUT2D eigenvalue weighted by Gasteiger charge is -2.16. The minimum Gasteiger partial charge on any atom is -0.342 e. The number of thioether (sulfide) groups is 1. The predicted molar refractivity (Wildman–Crippen MR) is 80.1 cm³/mol. The van der Waals surface area contributed by atoms with Gasteiger partial charge in [-0.25, -0.2) is 0 Å². The van der Waals surface area contributed by atoms with Crippen LogP contribution in [0.1, 0.15) is 42.6 Å². The smallest absolute Gasteiger partial charge is 0.253 e. The first-order chi connectivity index (χ1) is 8.69. The molecule has 1 amide bonds. The van der Waals surface area contributed by atoms with E-state index >= 15 is 0 Å². The zero-order valence-corrected chi connectivity index (χ0v) is 12.4. The molecule has 0 heterocycles. The Kier molecular flexibility index (Phi) is 6.88. The van der Waals surface area contributed by atoms with E-state index in [2.05, 4.69) is 26.0 Å². The number of carbonyl (C=O) groups excluding carboxylic acids is 1. The fourth-order valence-electron chi connectivity index (χ4n) is 1.68. The molecule has 0 atom stereocenters. The molecular weight excluding hydrogens is 242 g/mol. The summed E-state index contributed by atoms with van der Waals surface area (Å²) in [6.45, 7) is 5.13. The van der Waals surface area contributed by atoms with Crippen LogP contribution in [0.25, 0.3) is 0 Å². The first kappa shape index (κ1) is 15.1. The molecule has 18 heavy (non-hydrogen) atoms. The SMILES string of the molecule is CCCCN(C)C(=O)c1ccc(CSCC)cc1. The fraction of sp³-hybridized carbons (Fsp3) is 0.533. The lowest BCUT2D eigenvalue weighted by molar-refractivity contribution is 0.0793. The second kappa shape index (κ2) is 8.20. The Labute approximate surface area is 115 Å². The Hall–Kier alpha value is -0.960. The predicted octanol–water partition coefficient (Wildman–Crippen LogP) is 3.81. The fourth-order valence-corrected chi connectivity index (χ4v) is 2.31. The molecule has 0 fully saturated rings. The molecule has 2 nitrogen and oxygen atoms in total. The van der Waals surface area contributed by atoms with Crippen LogP contribution < -0.4 is 0 Å². The Bertz CT molecular complexity index is 361. The molecule has 0 bridgehead atoms. The summed E-state index contributed by atoms with van der Waals surface area (Å²) in [6, 6.07) is 8.00. The number of carbonyl (C=O) groups is 1. The Balaban J connectivity index is 2.58. The number of unbranched alkanes of at least 4 members (excludes halogenated alkanes) is 1. The molecule has 100 valence electrons. The summed E-state index contributed by atoms with van der Waals surface area (Å²) in [5.41, 5.74) is 2.08. The number of hydrogen-bond donors (Lipinski definition) is 0. The van der Waals surface area contributed by atoms with E-state index < -0.39 is 0 Å². The molecule has 0 aliphatic heterocycles. The summed E-state index contributed by atoms with van der Waals surface area (Å²) in [6.07, 6.45) is 2.18. The molecule has 1 rings (SSSR count). The highest BCUT2D eigenvalue weighted by molar-refractivity contribution is 7.98. The van der Waals surface area contributed by atoms with Crippen molar-refractivity contribution in [2.75, 3.05) is 19.3 Å². The van der Waals surface area contributed by atoms with Crippen LogP contribution in [0.3, 0.4) is 0 Å². The van der Waals surface area contributed by atoms with Gasteiger partial charge in [0.15, 0.2) is 0 Å². The van der Waals surface area contributed by atoms with E-state index in [0.29, 0.717) is 0 Å². The molecule has 0 saturated carbocycles. The third kappa shape index (κ3) is 4.73. The maximum absolute atomic E-state index is 12.1. The molecule has 0 unspecified atom stereocenters. The van der Waals surface area contributed by atoms with Crippen molar-refractivity contribution in [2.24, 2.45) is 0 Å². The summed E-state index contributed by atoms with van der Waals surface area (Å²) in [4.78, 5) is 13.9. The Morgan fingerprint density at radius 2 is 1.89 bits per heavy atom. The van der Waals surface area contributed by atoms with Gasteiger partial charge in [-0.2, -0.15) is 11.8 Å². The average molecular weight is 265 g/mol. The van der Waals surface area contributed by atoms with Gasteiger partial charge >= 0.3 is 0 Å². The van der Waals surface area contributed by atoms with Crippen LogP contribution in [0.4, 0.5) is 0 Å². The van der Waals surface area contributed by atoms with E-state index in [0.717, 1.165) is 36.5 Å². The van der Waals surface area contributed by atoms with Gasteiger partial charge in [-0.15, -0.1) is 0 Å². The monoisotopic (exact) mass is 265 g/mol. The van der Waals surface area contributed by atoms with E-state index in [1.54, 1.807) is 4.90 Å². The summed E-state index contributed by atoms with van der Waals surface area (Å²) in [7, 11) is 1.87. The van der Waals surface area contributed by atoms with Gasteiger partial charge in [0, 0.05) is 24.9 Å². The second-order valence-corrected chi connectivity index (χ2v) is 5.69. The topological polar surface area (TPSA) is 20.3 Å². The molecule has 1 aromatic carbocycles. The van der Waals surface area contributed by atoms with E-state index in [4.69, 9.17) is 0 Å². The van der Waals surface area contributed by atoms with Gasteiger partial charge in [-0.05, 0) is 29.9 Å². The first-order valence-electron chi connectivity index (χ1n) is 6.61. The van der Waals surface area contributed by atoms with Crippen molar-refractivity contribution in [3.05, 3.63) is 35.4 Å². The molecule has 0 radical (unpaired) electrons. The van der Waals surface area contributed by atoms with Gasteiger partial charge in [0.2, 0.25) is 0 Å². The lowest BCUT2D eigenvalue weighted by Crippen LogP contribution is -2.27. The van der Waals surface area contributed by atoms with Crippen LogP contribution >= 0.6 is 11.8 Å². The number of nitrogens with zero attached hydrogens (tertiary/aromatic N) is 1. The highest BCUT2D eigenvalue weighted by atomic mass is 32.2. The zero-order valence-electron chi connectivity index (χ0n) is 11.6. The summed E-state index contributed by atoms with van der Waals surface area (Å²) in [5, 5.41) is 0. The maximum Gasteiger partial charge on any atom is 0.253 e. The highest BCUT2D eigenvalue weighted by Crippen LogP contribution is 2.13. The Morgan fingerprint density at radius 1 is 1.22 bits per heavy atom. The van der Waals surface area contributed by atoms with Gasteiger partial charge in [-0.3, -0.25) is 4.79 Å². The van der Waals surface area contributed by atoms with Gasteiger partial charge in [0.05, 0.1) is 0 Å². The average Bonchev–Trinajstić information content (AvgIpc) is 2.42. The molecule has 3 heteroatoms. The van der Waals surface area contributed by atoms with Crippen molar-refractivity contribution in [1.82, 2.24) is 4.90 Å². The molecule has 0 aliphatic rings. The third-order valence-corrected chi connectivity index (χ3v) is 3.81. The van der Waals surface area contributed by atoms with Gasteiger partial charge in [0.1, 0.15) is 0 Å². The largest absolute Gasteiger partial charge is 0.342 e. The van der Waals surface area contributed by atoms with E-state index in [1.165, 1.54) is 5.56 Å². The van der Waals surface area contributed by atoms with Crippen LogP contribution in [0.2, 0.25) is 0 Å². The van der Waals surface area contributed by atoms with E-state index in [9.17, 15) is 4.79 Å². The molecule has 0 aliphatic carbocycles. The first-order valence-corrected chi connectivity index (χ1v) is 7.76. The molecule has 0 aromatic heterocycles. The van der Waals surface area contributed by atoms with Crippen molar-refractivity contribution in [3.8, 4) is 0 Å². The van der Waals surface area contributed by atoms with Gasteiger partial charge in [-0.1, -0.05) is 32.4 Å². The summed E-state index contributed by atoms with van der Waals surface area (Å²) >= 11 is 1.90. The van der Waals surface area contributed by atoms with Gasteiger partial charge < -0.3 is 4.90 Å². The minimum atomic E-state index is 0.123. The molecule has 0 saturated heterocycles. The zero-order chi connectivity index (χ0) is 13.4. The normalized spacial score (nSPS) is 10.4. The van der Waals surface area contributed by atoms with Gasteiger partial charge in [0.25, 0.3) is 5.91 Å². The van der Waals surface area contributed by atoms with Crippen LogP contribution in [0.5, 0.6) is 0 Å². The molecule has 0 spiro atoms. The van der Waals surface area contributed by atoms with Crippen LogP contribution in [-0.2, 0) is 5.75 Å². The van der Waals surface area contributed by atoms with Crippen molar-refractivity contribution in [2.45, 2.75) is 32.4 Å². The number of rotatable bonds is 7. The van der Waals surface area contributed by atoms with Crippen LogP contribution in [-0.4, -0.2) is 30.2 Å².